The van der Waals surface area contributed by atoms with Crippen LogP contribution in [-0.2, 0) is 12.8 Å². The highest BCUT2D eigenvalue weighted by molar-refractivity contribution is 5.32. The van der Waals surface area contributed by atoms with Crippen LogP contribution in [0.3, 0.4) is 0 Å². The van der Waals surface area contributed by atoms with Crippen molar-refractivity contribution in [1.82, 2.24) is 4.90 Å². The first-order valence-corrected chi connectivity index (χ1v) is 14.7. The zero-order valence-corrected chi connectivity index (χ0v) is 23.7. The molecule has 0 amide bonds. The molecular formula is C33H55N. The second-order valence-electron chi connectivity index (χ2n) is 11.0. The fourth-order valence-electron chi connectivity index (χ4n) is 5.78. The summed E-state index contributed by atoms with van der Waals surface area (Å²) >= 11 is 0. The van der Waals surface area contributed by atoms with Gasteiger partial charge in [-0.1, -0.05) is 103 Å². The predicted octanol–water partition coefficient (Wildman–Crippen LogP) is 9.48. The van der Waals surface area contributed by atoms with Crippen LogP contribution in [0, 0.1) is 18.8 Å². The van der Waals surface area contributed by atoms with E-state index in [0.717, 1.165) is 23.9 Å². The summed E-state index contributed by atoms with van der Waals surface area (Å²) < 4.78 is 0. The highest BCUT2D eigenvalue weighted by Crippen LogP contribution is 2.39. The lowest BCUT2D eigenvalue weighted by Gasteiger charge is -2.49. The number of nitrogens with zero attached hydrogens (tertiary/aromatic N) is 1. The third-order valence-corrected chi connectivity index (χ3v) is 7.87. The normalized spacial score (nSPS) is 24.0. The lowest BCUT2D eigenvalue weighted by atomic mass is 9.75. The molecule has 0 aromatic heterocycles. The van der Waals surface area contributed by atoms with Gasteiger partial charge in [-0.05, 0) is 86.8 Å². The van der Waals surface area contributed by atoms with Gasteiger partial charge in [0.1, 0.15) is 0 Å². The van der Waals surface area contributed by atoms with Gasteiger partial charge in [-0.25, -0.2) is 0 Å². The maximum atomic E-state index is 2.88. The number of hydrogen-bond donors (Lipinski definition) is 0. The Hall–Kier alpha value is -1.34. The molecule has 2 atom stereocenters. The van der Waals surface area contributed by atoms with Crippen molar-refractivity contribution in [3.8, 4) is 0 Å². The Morgan fingerprint density at radius 2 is 1.65 bits per heavy atom. The third-order valence-electron chi connectivity index (χ3n) is 7.87. The number of benzene rings is 1. The van der Waals surface area contributed by atoms with Crippen LogP contribution in [0.2, 0.25) is 0 Å². The van der Waals surface area contributed by atoms with E-state index in [2.05, 4.69) is 75.9 Å². The molecule has 2 bridgehead atoms. The third kappa shape index (κ3) is 9.03. The Morgan fingerprint density at radius 3 is 2.21 bits per heavy atom. The van der Waals surface area contributed by atoms with Gasteiger partial charge in [-0.15, -0.1) is 0 Å². The molecule has 2 saturated heterocycles. The van der Waals surface area contributed by atoms with Crippen molar-refractivity contribution in [1.29, 1.82) is 0 Å². The molecule has 2 heterocycles. The van der Waals surface area contributed by atoms with E-state index in [9.17, 15) is 0 Å². The van der Waals surface area contributed by atoms with Crippen molar-refractivity contribution >= 4 is 0 Å². The Bertz CT molecular complexity index is 742. The van der Waals surface area contributed by atoms with Crippen LogP contribution in [-0.4, -0.2) is 23.5 Å². The first kappa shape index (κ1) is 28.9. The minimum absolute atomic E-state index is 0.818. The average molecular weight is 466 g/mol. The number of fused-ring (bicyclic) bond motifs is 2. The van der Waals surface area contributed by atoms with E-state index in [1.807, 2.05) is 13.8 Å². The highest BCUT2D eigenvalue weighted by atomic mass is 15.2. The zero-order chi connectivity index (χ0) is 24.9. The maximum Gasteiger partial charge on any atom is 0.0236 e. The minimum atomic E-state index is 0.818. The van der Waals surface area contributed by atoms with Crippen molar-refractivity contribution < 1.29 is 0 Å². The van der Waals surface area contributed by atoms with Crippen molar-refractivity contribution in [2.75, 3.05) is 6.54 Å². The van der Waals surface area contributed by atoms with Crippen LogP contribution in [0.1, 0.15) is 116 Å². The summed E-state index contributed by atoms with van der Waals surface area (Å²) in [7, 11) is 0. The first-order valence-electron chi connectivity index (χ1n) is 14.7. The summed E-state index contributed by atoms with van der Waals surface area (Å²) in [6.07, 6.45) is 21.9. The number of allylic oxidation sites excluding steroid dienone is 2. The van der Waals surface area contributed by atoms with E-state index >= 15 is 0 Å². The maximum absolute atomic E-state index is 2.88. The molecule has 1 aliphatic carbocycles. The molecular weight excluding hydrogens is 410 g/mol. The predicted molar refractivity (Wildman–Crippen MR) is 153 cm³/mol. The minimum Gasteiger partial charge on any atom is -0.293 e. The summed E-state index contributed by atoms with van der Waals surface area (Å²) in [5.41, 5.74) is 6.24. The van der Waals surface area contributed by atoms with E-state index in [0.29, 0.717) is 0 Å². The molecule has 34 heavy (non-hydrogen) atoms. The standard InChI is InChI=1S/C26H37N.C5H12.C2H6/c1-3-8-23-15-20(2)13-14-24(23)16-22-17-25-11-7-12-26(18-22)27(25)19-21-9-5-4-6-10-21;1-4-5(2)3;1-2/h5,9-10,13-15,22,25-26H,3-4,6-8,11-12,16-19H2,1-2H3;5H,4H2,1-3H3;1-2H3. The van der Waals surface area contributed by atoms with Crippen LogP contribution in [0.25, 0.3) is 0 Å². The lowest BCUT2D eigenvalue weighted by Crippen LogP contribution is -2.52. The molecule has 0 radical (unpaired) electrons. The van der Waals surface area contributed by atoms with Crippen molar-refractivity contribution in [2.24, 2.45) is 11.8 Å². The van der Waals surface area contributed by atoms with Crippen molar-refractivity contribution in [2.45, 2.75) is 131 Å². The molecule has 4 rings (SSSR count). The Labute approximate surface area is 213 Å². The highest BCUT2D eigenvalue weighted by Gasteiger charge is 2.38. The summed E-state index contributed by atoms with van der Waals surface area (Å²) in [5, 5.41) is 0. The molecule has 1 aromatic rings. The van der Waals surface area contributed by atoms with E-state index in [-0.39, 0.29) is 0 Å². The lowest BCUT2D eigenvalue weighted by molar-refractivity contribution is 0.0219. The Kier molecular flexibility index (Phi) is 13.3. The van der Waals surface area contributed by atoms with Crippen LogP contribution in [0.5, 0.6) is 0 Å². The summed E-state index contributed by atoms with van der Waals surface area (Å²) in [5.74, 6) is 1.76. The van der Waals surface area contributed by atoms with Crippen molar-refractivity contribution in [3.05, 3.63) is 58.7 Å². The number of rotatable bonds is 7. The van der Waals surface area contributed by atoms with Crippen molar-refractivity contribution in [3.63, 3.8) is 0 Å². The quantitative estimate of drug-likeness (QED) is 0.387. The van der Waals surface area contributed by atoms with Gasteiger partial charge in [0.05, 0.1) is 0 Å². The number of hydrogen-bond acceptors (Lipinski definition) is 1. The van der Waals surface area contributed by atoms with E-state index < -0.39 is 0 Å². The van der Waals surface area contributed by atoms with Gasteiger partial charge in [0.15, 0.2) is 0 Å². The monoisotopic (exact) mass is 465 g/mol. The second-order valence-corrected chi connectivity index (χ2v) is 11.0. The number of aryl methyl sites for hydroxylation is 2. The molecule has 2 unspecified atom stereocenters. The van der Waals surface area contributed by atoms with Gasteiger partial charge >= 0.3 is 0 Å². The topological polar surface area (TPSA) is 3.24 Å². The van der Waals surface area contributed by atoms with Gasteiger partial charge < -0.3 is 0 Å². The van der Waals surface area contributed by atoms with Gasteiger partial charge in [0, 0.05) is 18.6 Å². The molecule has 2 aliphatic heterocycles. The molecule has 192 valence electrons. The van der Waals surface area contributed by atoms with Crippen LogP contribution in [0.4, 0.5) is 0 Å². The molecule has 2 fully saturated rings. The fraction of sp³-hybridized carbons (Fsp3) is 0.697. The van der Waals surface area contributed by atoms with Gasteiger partial charge in [0.25, 0.3) is 0 Å². The molecule has 0 spiro atoms. The van der Waals surface area contributed by atoms with Crippen LogP contribution in [0.15, 0.2) is 42.0 Å². The Balaban J connectivity index is 0.000000520. The fourth-order valence-corrected chi connectivity index (χ4v) is 5.78. The summed E-state index contributed by atoms with van der Waals surface area (Å²) in [6, 6.07) is 8.83. The van der Waals surface area contributed by atoms with E-state index in [1.165, 1.54) is 82.7 Å². The summed E-state index contributed by atoms with van der Waals surface area (Å²) in [6.45, 7) is 16.4. The van der Waals surface area contributed by atoms with Gasteiger partial charge in [0.2, 0.25) is 0 Å². The zero-order valence-electron chi connectivity index (χ0n) is 23.7. The average Bonchev–Trinajstić information content (AvgIpc) is 2.84. The van der Waals surface area contributed by atoms with Crippen LogP contribution < -0.4 is 0 Å². The molecule has 1 aromatic carbocycles. The molecule has 1 heteroatoms. The summed E-state index contributed by atoms with van der Waals surface area (Å²) in [4.78, 5) is 2.88. The van der Waals surface area contributed by atoms with Crippen LogP contribution >= 0.6 is 0 Å². The smallest absolute Gasteiger partial charge is 0.0236 e. The van der Waals surface area contributed by atoms with E-state index in [1.54, 1.807) is 16.7 Å². The van der Waals surface area contributed by atoms with Gasteiger partial charge in [-0.2, -0.15) is 0 Å². The molecule has 0 saturated carbocycles. The molecule has 1 nitrogen and oxygen atoms in total. The molecule has 0 N–H and O–H groups in total. The Morgan fingerprint density at radius 1 is 0.971 bits per heavy atom. The number of piperidine rings is 2. The SMILES string of the molecule is CC.CCC(C)C.CCCc1cc(C)ccc1CC1CC2CCCC(C1)N2CC1=CCCC=C1. The molecule has 3 aliphatic rings. The van der Waals surface area contributed by atoms with Gasteiger partial charge in [-0.3, -0.25) is 4.90 Å². The second kappa shape index (κ2) is 15.6. The first-order chi connectivity index (χ1) is 16.5. The van der Waals surface area contributed by atoms with E-state index in [4.69, 9.17) is 0 Å². The largest absolute Gasteiger partial charge is 0.293 e.